The van der Waals surface area contributed by atoms with Crippen LogP contribution >= 0.6 is 11.2 Å². The first kappa shape index (κ1) is 20.1. The number of thiol groups is 1. The topological polar surface area (TPSA) is 54.0 Å². The van der Waals surface area contributed by atoms with Crippen molar-refractivity contribution < 1.29 is 18.1 Å². The number of amides is 1. The Balaban J connectivity index is 1.55. The lowest BCUT2D eigenvalue weighted by molar-refractivity contribution is 0.0240. The zero-order chi connectivity index (χ0) is 19.4. The summed E-state index contributed by atoms with van der Waals surface area (Å²) >= 11 is -0.510. The minimum absolute atomic E-state index is 0.275. The zero-order valence-electron chi connectivity index (χ0n) is 16.3. The van der Waals surface area contributed by atoms with Gasteiger partial charge in [0.05, 0.1) is 5.69 Å². The van der Waals surface area contributed by atoms with Gasteiger partial charge >= 0.3 is 6.09 Å². The number of benzene rings is 1. The van der Waals surface area contributed by atoms with E-state index in [1.54, 1.807) is 11.0 Å². The number of carbonyl (C=O) groups excluding carboxylic acids is 1. The highest BCUT2D eigenvalue weighted by Gasteiger charge is 2.27. The first-order valence-corrected chi connectivity index (χ1v) is 11.1. The van der Waals surface area contributed by atoms with Crippen LogP contribution in [-0.2, 0) is 4.74 Å². The van der Waals surface area contributed by atoms with Crippen molar-refractivity contribution in [3.8, 4) is 5.75 Å². The molecular weight excluding hydrogens is 369 g/mol. The average Bonchev–Trinajstić information content (AvgIpc) is 2.61. The summed E-state index contributed by atoms with van der Waals surface area (Å²) in [6.07, 6.45) is -0.310. The number of rotatable bonds is 3. The SMILES string of the molecule is CC(C)(C)OC(=O)N1CCN(c2ccc(O[SH]3CCNCC3)cc2F)CC1. The number of anilines is 1. The number of hydrogen-bond donors (Lipinski definition) is 2. The molecule has 2 saturated heterocycles. The molecule has 0 unspecified atom stereocenters. The minimum atomic E-state index is -0.510. The molecule has 2 fully saturated rings. The van der Waals surface area contributed by atoms with Crippen LogP contribution in [0.5, 0.6) is 5.75 Å². The fourth-order valence-electron chi connectivity index (χ4n) is 3.14. The molecule has 0 atom stereocenters. The second-order valence-corrected chi connectivity index (χ2v) is 9.88. The summed E-state index contributed by atoms with van der Waals surface area (Å²) in [6, 6.07) is 5.12. The first-order valence-electron chi connectivity index (χ1n) is 9.48. The highest BCUT2D eigenvalue weighted by molar-refractivity contribution is 8.13. The van der Waals surface area contributed by atoms with E-state index in [1.807, 2.05) is 31.7 Å². The predicted molar refractivity (Wildman–Crippen MR) is 109 cm³/mol. The lowest BCUT2D eigenvalue weighted by Gasteiger charge is -2.37. The number of halogens is 1. The molecular formula is C19H30FN3O3S. The van der Waals surface area contributed by atoms with Crippen LogP contribution in [0.2, 0.25) is 0 Å². The van der Waals surface area contributed by atoms with Gasteiger partial charge in [-0.3, -0.25) is 0 Å². The molecule has 152 valence electrons. The monoisotopic (exact) mass is 399 g/mol. The normalized spacial score (nSPS) is 19.8. The number of piperazine rings is 1. The van der Waals surface area contributed by atoms with E-state index < -0.39 is 16.8 Å². The molecule has 1 N–H and O–H groups in total. The second kappa shape index (κ2) is 8.56. The Bertz CT molecular complexity index is 654. The quantitative estimate of drug-likeness (QED) is 0.766. The molecule has 0 bridgehead atoms. The Morgan fingerprint density at radius 1 is 1.15 bits per heavy atom. The Morgan fingerprint density at radius 2 is 1.81 bits per heavy atom. The molecule has 0 aromatic heterocycles. The Kier molecular flexibility index (Phi) is 6.37. The molecule has 1 aromatic carbocycles. The summed E-state index contributed by atoms with van der Waals surface area (Å²) in [7, 11) is 0. The van der Waals surface area contributed by atoms with Crippen molar-refractivity contribution >= 4 is 23.0 Å². The van der Waals surface area contributed by atoms with Gasteiger partial charge in [-0.25, -0.2) is 9.18 Å². The number of carbonyl (C=O) groups is 1. The van der Waals surface area contributed by atoms with Gasteiger partial charge in [-0.15, -0.1) is 11.2 Å². The van der Waals surface area contributed by atoms with Crippen molar-refractivity contribution in [1.29, 1.82) is 0 Å². The van der Waals surface area contributed by atoms with E-state index in [1.165, 1.54) is 6.07 Å². The molecule has 2 aliphatic heterocycles. The van der Waals surface area contributed by atoms with E-state index in [9.17, 15) is 9.18 Å². The molecule has 0 radical (unpaired) electrons. The molecule has 1 aromatic rings. The average molecular weight is 400 g/mol. The Hall–Kier alpha value is -1.67. The van der Waals surface area contributed by atoms with Crippen LogP contribution in [0.25, 0.3) is 0 Å². The standard InChI is InChI=1S/C19H30FN3O3S/c1-19(2,3)25-18(24)23-10-8-22(9-11-23)17-5-4-15(14-16(17)20)26-27-12-6-21-7-13-27/h4-5,14,21,27H,6-13H2,1-3H3. The third-order valence-electron chi connectivity index (χ3n) is 4.50. The van der Waals surface area contributed by atoms with Crippen molar-refractivity contribution in [2.24, 2.45) is 0 Å². The van der Waals surface area contributed by atoms with Crippen molar-refractivity contribution in [1.82, 2.24) is 10.2 Å². The highest BCUT2D eigenvalue weighted by Crippen LogP contribution is 2.33. The summed E-state index contributed by atoms with van der Waals surface area (Å²) < 4.78 is 26.0. The van der Waals surface area contributed by atoms with Gasteiger partial charge in [0.15, 0.2) is 0 Å². The van der Waals surface area contributed by atoms with Crippen molar-refractivity contribution in [3.63, 3.8) is 0 Å². The summed E-state index contributed by atoms with van der Waals surface area (Å²) in [5, 5.41) is 3.31. The molecule has 27 heavy (non-hydrogen) atoms. The van der Waals surface area contributed by atoms with Crippen LogP contribution < -0.4 is 14.4 Å². The second-order valence-electron chi connectivity index (χ2n) is 7.84. The molecule has 1 amide bonds. The fourth-order valence-corrected chi connectivity index (χ4v) is 4.77. The van der Waals surface area contributed by atoms with Crippen molar-refractivity contribution in [2.75, 3.05) is 55.7 Å². The number of nitrogens with zero attached hydrogens (tertiary/aromatic N) is 2. The smallest absolute Gasteiger partial charge is 0.410 e. The van der Waals surface area contributed by atoms with Crippen molar-refractivity contribution in [3.05, 3.63) is 24.0 Å². The van der Waals surface area contributed by atoms with Crippen LogP contribution in [-0.4, -0.2) is 67.4 Å². The largest absolute Gasteiger partial charge is 0.451 e. The first-order chi connectivity index (χ1) is 12.8. The molecule has 3 rings (SSSR count). The zero-order valence-corrected chi connectivity index (χ0v) is 17.2. The predicted octanol–water partition coefficient (Wildman–Crippen LogP) is 2.78. The van der Waals surface area contributed by atoms with Gasteiger partial charge in [-0.1, -0.05) is 0 Å². The highest BCUT2D eigenvalue weighted by atomic mass is 32.2. The van der Waals surface area contributed by atoms with Crippen LogP contribution in [0, 0.1) is 5.82 Å². The van der Waals surface area contributed by atoms with E-state index in [-0.39, 0.29) is 11.9 Å². The van der Waals surface area contributed by atoms with E-state index >= 15 is 0 Å². The molecule has 6 nitrogen and oxygen atoms in total. The maximum Gasteiger partial charge on any atom is 0.410 e. The maximum atomic E-state index is 14.6. The summed E-state index contributed by atoms with van der Waals surface area (Å²) in [5.41, 5.74) is 0.0517. The van der Waals surface area contributed by atoms with Gasteiger partial charge in [0.2, 0.25) is 0 Å². The Labute approximate surface area is 163 Å². The third-order valence-corrected chi connectivity index (χ3v) is 6.42. The molecule has 2 heterocycles. The van der Waals surface area contributed by atoms with E-state index in [0.717, 1.165) is 24.6 Å². The van der Waals surface area contributed by atoms with Gasteiger partial charge in [0.1, 0.15) is 17.2 Å². The van der Waals surface area contributed by atoms with Gasteiger partial charge in [-0.2, -0.15) is 0 Å². The third kappa shape index (κ3) is 5.65. The van der Waals surface area contributed by atoms with Crippen LogP contribution in [0.15, 0.2) is 18.2 Å². The lowest BCUT2D eigenvalue weighted by atomic mass is 10.2. The van der Waals surface area contributed by atoms with Crippen LogP contribution in [0.4, 0.5) is 14.9 Å². The molecule has 0 spiro atoms. The van der Waals surface area contributed by atoms with E-state index in [4.69, 9.17) is 8.92 Å². The van der Waals surface area contributed by atoms with Crippen LogP contribution in [0.1, 0.15) is 20.8 Å². The molecule has 2 aliphatic rings. The maximum absolute atomic E-state index is 14.6. The lowest BCUT2D eigenvalue weighted by Crippen LogP contribution is -2.50. The van der Waals surface area contributed by atoms with Crippen LogP contribution in [0.3, 0.4) is 0 Å². The Morgan fingerprint density at radius 3 is 2.41 bits per heavy atom. The molecule has 0 saturated carbocycles. The molecule has 8 heteroatoms. The fraction of sp³-hybridized carbons (Fsp3) is 0.632. The summed E-state index contributed by atoms with van der Waals surface area (Å²) in [5.74, 6) is 2.34. The number of hydrogen-bond acceptors (Lipinski definition) is 5. The number of ether oxygens (including phenoxy) is 1. The van der Waals surface area contributed by atoms with Gasteiger partial charge in [0.25, 0.3) is 0 Å². The van der Waals surface area contributed by atoms with Crippen molar-refractivity contribution in [2.45, 2.75) is 26.4 Å². The summed E-state index contributed by atoms with van der Waals surface area (Å²) in [4.78, 5) is 15.8. The summed E-state index contributed by atoms with van der Waals surface area (Å²) in [6.45, 7) is 9.68. The number of nitrogens with one attached hydrogen (secondary N) is 1. The minimum Gasteiger partial charge on any atom is -0.451 e. The molecule has 0 aliphatic carbocycles. The van der Waals surface area contributed by atoms with Gasteiger partial charge < -0.3 is 24.0 Å². The van der Waals surface area contributed by atoms with Gasteiger partial charge in [0, 0.05) is 56.8 Å². The van der Waals surface area contributed by atoms with E-state index in [0.29, 0.717) is 37.6 Å². The van der Waals surface area contributed by atoms with Gasteiger partial charge in [-0.05, 0) is 32.9 Å². The van der Waals surface area contributed by atoms with E-state index in [2.05, 4.69) is 5.32 Å².